The van der Waals surface area contributed by atoms with Gasteiger partial charge in [0.05, 0.1) is 6.07 Å². The number of nitrogens with zero attached hydrogens (tertiary/aromatic N) is 2. The topological polar surface area (TPSA) is 39.1 Å². The van der Waals surface area contributed by atoms with Gasteiger partial charge in [-0.2, -0.15) is 5.26 Å². The van der Waals surface area contributed by atoms with Gasteiger partial charge in [0.25, 0.3) is 0 Å². The molecule has 0 saturated carbocycles. The Hall–Kier alpha value is -1.37. The van der Waals surface area contributed by atoms with Crippen LogP contribution in [-0.4, -0.2) is 30.1 Å². The van der Waals surface area contributed by atoms with E-state index in [4.69, 9.17) is 0 Å². The largest absolute Gasteiger partial charge is 0.299 e. The molecular weight excluding hydrogens is 234 g/mol. The number of hydrogen-bond acceptors (Lipinski definition) is 3. The summed E-state index contributed by atoms with van der Waals surface area (Å²) in [5, 5.41) is 12.7. The number of hydrogen-bond donors (Lipinski definition) is 1. The average Bonchev–Trinajstić information content (AvgIpc) is 2.38. The van der Waals surface area contributed by atoms with Crippen LogP contribution in [0.25, 0.3) is 0 Å². The van der Waals surface area contributed by atoms with Gasteiger partial charge in [0.1, 0.15) is 6.04 Å². The van der Waals surface area contributed by atoms with Crippen LogP contribution in [0.2, 0.25) is 0 Å². The Labute approximate surface area is 117 Å². The van der Waals surface area contributed by atoms with Crippen molar-refractivity contribution in [1.82, 2.24) is 10.2 Å². The van der Waals surface area contributed by atoms with Crippen LogP contribution in [0, 0.1) is 11.3 Å². The fraction of sp³-hybridized carbons (Fsp3) is 0.562. The third-order valence-electron chi connectivity index (χ3n) is 3.39. The van der Waals surface area contributed by atoms with Gasteiger partial charge in [-0.25, -0.2) is 0 Å². The highest BCUT2D eigenvalue weighted by Crippen LogP contribution is 2.09. The molecule has 0 aliphatic heterocycles. The smallest absolute Gasteiger partial charge is 0.109 e. The molecule has 0 aliphatic rings. The quantitative estimate of drug-likeness (QED) is 0.818. The first-order valence-corrected chi connectivity index (χ1v) is 6.86. The van der Waals surface area contributed by atoms with Crippen molar-refractivity contribution in [2.75, 3.05) is 13.6 Å². The molecule has 0 spiro atoms. The summed E-state index contributed by atoms with van der Waals surface area (Å²) in [6.45, 7) is 8.00. The maximum absolute atomic E-state index is 9.26. The van der Waals surface area contributed by atoms with Gasteiger partial charge in [0, 0.05) is 18.6 Å². The average molecular weight is 259 g/mol. The fourth-order valence-electron chi connectivity index (χ4n) is 1.96. The fourth-order valence-corrected chi connectivity index (χ4v) is 1.96. The summed E-state index contributed by atoms with van der Waals surface area (Å²) < 4.78 is 0. The van der Waals surface area contributed by atoms with E-state index in [9.17, 15) is 5.26 Å². The number of nitrogens with one attached hydrogen (secondary N) is 1. The van der Waals surface area contributed by atoms with E-state index in [1.165, 1.54) is 5.56 Å². The molecule has 1 N–H and O–H groups in total. The van der Waals surface area contributed by atoms with E-state index in [0.717, 1.165) is 19.5 Å². The van der Waals surface area contributed by atoms with Crippen LogP contribution in [0.5, 0.6) is 0 Å². The maximum Gasteiger partial charge on any atom is 0.109 e. The molecule has 0 amide bonds. The summed E-state index contributed by atoms with van der Waals surface area (Å²) in [7, 11) is 2.05. The molecule has 3 nitrogen and oxygen atoms in total. The van der Waals surface area contributed by atoms with Crippen molar-refractivity contribution in [2.24, 2.45) is 0 Å². The molecule has 104 valence electrons. The van der Waals surface area contributed by atoms with Gasteiger partial charge in [-0.1, -0.05) is 37.3 Å². The number of nitriles is 1. The minimum Gasteiger partial charge on any atom is -0.299 e. The molecule has 19 heavy (non-hydrogen) atoms. The molecule has 0 saturated heterocycles. The molecule has 0 radical (unpaired) electrons. The second-order valence-corrected chi connectivity index (χ2v) is 5.75. The SMILES string of the molecule is CCC(C)(C)NC(C#N)CN(C)Cc1ccccc1. The van der Waals surface area contributed by atoms with Crippen LogP contribution in [0.3, 0.4) is 0 Å². The second kappa shape index (κ2) is 7.28. The van der Waals surface area contributed by atoms with E-state index in [2.05, 4.69) is 56.2 Å². The maximum atomic E-state index is 9.26. The van der Waals surface area contributed by atoms with Gasteiger partial charge >= 0.3 is 0 Å². The standard InChI is InChI=1S/C16H25N3/c1-5-16(2,3)18-15(11-17)13-19(4)12-14-9-7-6-8-10-14/h6-10,15,18H,5,12-13H2,1-4H3. The highest BCUT2D eigenvalue weighted by molar-refractivity contribution is 5.14. The van der Waals surface area contributed by atoms with E-state index in [1.807, 2.05) is 18.2 Å². The Morgan fingerprint density at radius 3 is 2.47 bits per heavy atom. The zero-order valence-corrected chi connectivity index (χ0v) is 12.5. The Balaban J connectivity index is 2.50. The molecule has 1 aromatic carbocycles. The summed E-state index contributed by atoms with van der Waals surface area (Å²) in [6.07, 6.45) is 1.01. The molecule has 0 aliphatic carbocycles. The molecule has 1 aromatic rings. The first kappa shape index (κ1) is 15.7. The summed E-state index contributed by atoms with van der Waals surface area (Å²) in [5.41, 5.74) is 1.28. The highest BCUT2D eigenvalue weighted by atomic mass is 15.1. The van der Waals surface area contributed by atoms with Gasteiger partial charge in [-0.3, -0.25) is 10.2 Å². The van der Waals surface area contributed by atoms with Gasteiger partial charge in [0.2, 0.25) is 0 Å². The van der Waals surface area contributed by atoms with Gasteiger partial charge in [-0.05, 0) is 32.9 Å². The van der Waals surface area contributed by atoms with E-state index >= 15 is 0 Å². The third-order valence-corrected chi connectivity index (χ3v) is 3.39. The van der Waals surface area contributed by atoms with Crippen molar-refractivity contribution < 1.29 is 0 Å². The minimum absolute atomic E-state index is 0.00792. The number of likely N-dealkylation sites (N-methyl/N-ethyl adjacent to an activating group) is 1. The zero-order chi connectivity index (χ0) is 14.3. The molecule has 1 atom stereocenters. The molecule has 1 rings (SSSR count). The van der Waals surface area contributed by atoms with Crippen molar-refractivity contribution >= 4 is 0 Å². The highest BCUT2D eigenvalue weighted by Gasteiger charge is 2.20. The number of benzene rings is 1. The second-order valence-electron chi connectivity index (χ2n) is 5.75. The molecule has 0 aromatic heterocycles. The lowest BCUT2D eigenvalue weighted by Gasteiger charge is -2.30. The van der Waals surface area contributed by atoms with Crippen LogP contribution >= 0.6 is 0 Å². The van der Waals surface area contributed by atoms with Crippen molar-refractivity contribution in [2.45, 2.75) is 45.3 Å². The monoisotopic (exact) mass is 259 g/mol. The van der Waals surface area contributed by atoms with Crippen molar-refractivity contribution in [3.63, 3.8) is 0 Å². The molecule has 3 heteroatoms. The lowest BCUT2D eigenvalue weighted by atomic mass is 10.0. The van der Waals surface area contributed by atoms with E-state index < -0.39 is 0 Å². The van der Waals surface area contributed by atoms with Crippen LogP contribution in [0.4, 0.5) is 0 Å². The lowest BCUT2D eigenvalue weighted by molar-refractivity contribution is 0.265. The van der Waals surface area contributed by atoms with Crippen molar-refractivity contribution in [3.8, 4) is 6.07 Å². The van der Waals surface area contributed by atoms with Gasteiger partial charge in [-0.15, -0.1) is 0 Å². The third kappa shape index (κ3) is 5.87. The summed E-state index contributed by atoms with van der Waals surface area (Å²) in [4.78, 5) is 2.18. The first-order chi connectivity index (χ1) is 8.96. The van der Waals surface area contributed by atoms with E-state index in [0.29, 0.717) is 0 Å². The Morgan fingerprint density at radius 1 is 1.32 bits per heavy atom. The molecule has 0 bridgehead atoms. The summed E-state index contributed by atoms with van der Waals surface area (Å²) in [6, 6.07) is 12.6. The Kier molecular flexibility index (Phi) is 6.01. The van der Waals surface area contributed by atoms with Gasteiger partial charge in [0.15, 0.2) is 0 Å². The van der Waals surface area contributed by atoms with E-state index in [-0.39, 0.29) is 11.6 Å². The minimum atomic E-state index is -0.135. The van der Waals surface area contributed by atoms with Crippen LogP contribution in [-0.2, 0) is 6.54 Å². The Bertz CT molecular complexity index is 406. The molecule has 0 heterocycles. The predicted molar refractivity (Wildman–Crippen MR) is 79.7 cm³/mol. The predicted octanol–water partition coefficient (Wildman–Crippen LogP) is 2.79. The molecule has 0 fully saturated rings. The van der Waals surface area contributed by atoms with Crippen LogP contribution < -0.4 is 5.32 Å². The van der Waals surface area contributed by atoms with Crippen LogP contribution in [0.1, 0.15) is 32.8 Å². The first-order valence-electron chi connectivity index (χ1n) is 6.86. The van der Waals surface area contributed by atoms with Crippen LogP contribution in [0.15, 0.2) is 30.3 Å². The normalized spacial score (nSPS) is 13.3. The molecule has 1 unspecified atom stereocenters. The summed E-state index contributed by atoms with van der Waals surface area (Å²) in [5.74, 6) is 0. The van der Waals surface area contributed by atoms with Crippen molar-refractivity contribution in [3.05, 3.63) is 35.9 Å². The number of rotatable bonds is 7. The lowest BCUT2D eigenvalue weighted by Crippen LogP contribution is -2.49. The van der Waals surface area contributed by atoms with Gasteiger partial charge < -0.3 is 0 Å². The molecular formula is C16H25N3. The van der Waals surface area contributed by atoms with E-state index in [1.54, 1.807) is 0 Å². The van der Waals surface area contributed by atoms with Crippen molar-refractivity contribution in [1.29, 1.82) is 5.26 Å². The Morgan fingerprint density at radius 2 is 1.95 bits per heavy atom. The summed E-state index contributed by atoms with van der Waals surface area (Å²) >= 11 is 0. The zero-order valence-electron chi connectivity index (χ0n) is 12.5.